The highest BCUT2D eigenvalue weighted by Crippen LogP contribution is 2.11. The van der Waals surface area contributed by atoms with E-state index in [4.69, 9.17) is 0 Å². The fourth-order valence-electron chi connectivity index (χ4n) is 3.09. The highest BCUT2D eigenvalue weighted by atomic mass is 14.0. The van der Waals surface area contributed by atoms with Gasteiger partial charge in [0.15, 0.2) is 0 Å². The zero-order valence-electron chi connectivity index (χ0n) is 37.5. The first-order valence-electron chi connectivity index (χ1n) is 20.3. The molecule has 0 spiro atoms. The zero-order chi connectivity index (χ0) is 40.9. The van der Waals surface area contributed by atoms with E-state index in [0.717, 1.165) is 6.42 Å². The Morgan fingerprint density at radius 3 is 0.600 bits per heavy atom. The summed E-state index contributed by atoms with van der Waals surface area (Å²) in [6.45, 7) is 42.1. The Kier molecular flexibility index (Phi) is 92.6. The van der Waals surface area contributed by atoms with Gasteiger partial charge in [-0.15, -0.1) is 0 Å². The van der Waals surface area contributed by atoms with Crippen molar-refractivity contribution >= 4 is 10.8 Å². The highest BCUT2D eigenvalue weighted by molar-refractivity contribution is 5.82. The standard InChI is InChI=1S/C13H12.C10H8.C7H8.10C2H6/c1-3-7-12(8-4-1)11-13-9-5-2-6-10-13;1-2-6-10-8-4-3-7-9(10)5-1;1-7-5-3-2-4-6-7;10*1-2/h1-10H,11H2;1-8H;2-6H,1H3;10*1-2H3. The van der Waals surface area contributed by atoms with Gasteiger partial charge in [0.2, 0.25) is 0 Å². The summed E-state index contributed by atoms with van der Waals surface area (Å²) >= 11 is 0. The average Bonchev–Trinajstić information content (AvgIpc) is 3.27. The van der Waals surface area contributed by atoms with E-state index in [2.05, 4.69) is 128 Å². The van der Waals surface area contributed by atoms with E-state index in [1.807, 2.05) is 157 Å². The molecule has 0 amide bonds. The maximum atomic E-state index is 2.16. The molecule has 0 heteroatoms. The molecule has 5 aromatic carbocycles. The minimum atomic E-state index is 1.03. The molecule has 0 aliphatic heterocycles. The minimum Gasteiger partial charge on any atom is -0.0683 e. The van der Waals surface area contributed by atoms with Crippen LogP contribution in [0.15, 0.2) is 140 Å². The summed E-state index contributed by atoms with van der Waals surface area (Å²) in [5.41, 5.74) is 4.06. The van der Waals surface area contributed by atoms with Crippen LogP contribution in [0.1, 0.15) is 155 Å². The smallest absolute Gasteiger partial charge is 0.00258 e. The van der Waals surface area contributed by atoms with Crippen molar-refractivity contribution in [2.45, 2.75) is 152 Å². The van der Waals surface area contributed by atoms with Gasteiger partial charge in [0.05, 0.1) is 0 Å². The van der Waals surface area contributed by atoms with Gasteiger partial charge in [-0.2, -0.15) is 0 Å². The largest absolute Gasteiger partial charge is 0.0683 e. The molecule has 0 radical (unpaired) electrons. The Bertz CT molecular complexity index is 995. The van der Waals surface area contributed by atoms with Gasteiger partial charge >= 0.3 is 0 Å². The fourth-order valence-corrected chi connectivity index (χ4v) is 3.09. The molecule has 0 aliphatic carbocycles. The molecule has 5 aromatic rings. The van der Waals surface area contributed by atoms with Gasteiger partial charge in [0.1, 0.15) is 0 Å². The molecule has 0 nitrogen and oxygen atoms in total. The maximum Gasteiger partial charge on any atom is -0.00258 e. The summed E-state index contributed by atoms with van der Waals surface area (Å²) in [6, 6.07) is 48.0. The van der Waals surface area contributed by atoms with E-state index in [-0.39, 0.29) is 0 Å². The first-order chi connectivity index (χ1) is 24.8. The van der Waals surface area contributed by atoms with Gasteiger partial charge in [-0.3, -0.25) is 0 Å². The second kappa shape index (κ2) is 71.4. The van der Waals surface area contributed by atoms with Crippen LogP contribution in [0.4, 0.5) is 0 Å². The van der Waals surface area contributed by atoms with Crippen molar-refractivity contribution in [2.24, 2.45) is 0 Å². The van der Waals surface area contributed by atoms with Crippen molar-refractivity contribution in [1.29, 1.82) is 0 Å². The molecular weight excluding hydrogens is 601 g/mol. The number of fused-ring (bicyclic) bond motifs is 1. The summed E-state index contributed by atoms with van der Waals surface area (Å²) in [4.78, 5) is 0. The molecule has 0 fully saturated rings. The number of aryl methyl sites for hydroxylation is 1. The first-order valence-corrected chi connectivity index (χ1v) is 20.3. The van der Waals surface area contributed by atoms with Crippen LogP contribution in [-0.4, -0.2) is 0 Å². The molecule has 0 heterocycles. The van der Waals surface area contributed by atoms with Gasteiger partial charge in [-0.05, 0) is 35.2 Å². The molecule has 50 heavy (non-hydrogen) atoms. The second-order valence-electron chi connectivity index (χ2n) is 7.15. The van der Waals surface area contributed by atoms with E-state index in [9.17, 15) is 0 Å². The second-order valence-corrected chi connectivity index (χ2v) is 7.15. The van der Waals surface area contributed by atoms with Crippen LogP contribution in [-0.2, 0) is 6.42 Å². The third-order valence-corrected chi connectivity index (χ3v) is 4.69. The lowest BCUT2D eigenvalue weighted by Gasteiger charge is -2.00. The summed E-state index contributed by atoms with van der Waals surface area (Å²) in [5.74, 6) is 0. The van der Waals surface area contributed by atoms with Gasteiger partial charge in [0.25, 0.3) is 0 Å². The lowest BCUT2D eigenvalue weighted by molar-refractivity contribution is 1.19. The average molecular weight is 689 g/mol. The van der Waals surface area contributed by atoms with Gasteiger partial charge in [-0.25, -0.2) is 0 Å². The van der Waals surface area contributed by atoms with Gasteiger partial charge in [-0.1, -0.05) is 284 Å². The van der Waals surface area contributed by atoms with Crippen molar-refractivity contribution in [3.05, 3.63) is 156 Å². The molecule has 0 aromatic heterocycles. The lowest BCUT2D eigenvalue weighted by atomic mass is 10.1. The third-order valence-electron chi connectivity index (χ3n) is 4.69. The molecule has 0 N–H and O–H groups in total. The molecule has 0 atom stereocenters. The maximum absolute atomic E-state index is 2.16. The topological polar surface area (TPSA) is 0 Å². The monoisotopic (exact) mass is 689 g/mol. The predicted octanol–water partition coefficient (Wildman–Crippen LogP) is 18.4. The van der Waals surface area contributed by atoms with E-state index >= 15 is 0 Å². The van der Waals surface area contributed by atoms with Crippen LogP contribution in [0.2, 0.25) is 0 Å². The summed E-state index contributed by atoms with van der Waals surface area (Å²) in [7, 11) is 0. The number of rotatable bonds is 2. The molecule has 5 rings (SSSR count). The molecule has 0 saturated heterocycles. The van der Waals surface area contributed by atoms with Crippen molar-refractivity contribution in [1.82, 2.24) is 0 Å². The minimum absolute atomic E-state index is 1.03. The molecule has 0 saturated carbocycles. The van der Waals surface area contributed by atoms with E-state index in [0.29, 0.717) is 0 Å². The fraction of sp³-hybridized carbons (Fsp3) is 0.440. The van der Waals surface area contributed by atoms with Crippen LogP contribution in [0.5, 0.6) is 0 Å². The first kappa shape index (κ1) is 64.8. The van der Waals surface area contributed by atoms with Gasteiger partial charge < -0.3 is 0 Å². The summed E-state index contributed by atoms with van der Waals surface area (Å²) < 4.78 is 0. The van der Waals surface area contributed by atoms with E-state index in [1.165, 1.54) is 27.5 Å². The van der Waals surface area contributed by atoms with Crippen molar-refractivity contribution < 1.29 is 0 Å². The lowest BCUT2D eigenvalue weighted by Crippen LogP contribution is -1.85. The van der Waals surface area contributed by atoms with E-state index < -0.39 is 0 Å². The highest BCUT2D eigenvalue weighted by Gasteiger charge is 1.92. The Labute approximate surface area is 317 Å². The molecule has 0 unspecified atom stereocenters. The Morgan fingerprint density at radius 1 is 0.240 bits per heavy atom. The van der Waals surface area contributed by atoms with Gasteiger partial charge in [0, 0.05) is 0 Å². The molecule has 288 valence electrons. The summed E-state index contributed by atoms with van der Waals surface area (Å²) in [5, 5.41) is 2.62. The van der Waals surface area contributed by atoms with Crippen LogP contribution >= 0.6 is 0 Å². The Balaban J connectivity index is -0.0000000717. The third kappa shape index (κ3) is 46.5. The predicted molar refractivity (Wildman–Crippen MR) is 244 cm³/mol. The number of hydrogen-bond acceptors (Lipinski definition) is 0. The number of hydrogen-bond donors (Lipinski definition) is 0. The van der Waals surface area contributed by atoms with Crippen molar-refractivity contribution in [2.75, 3.05) is 0 Å². The Hall–Kier alpha value is -3.64. The summed E-state index contributed by atoms with van der Waals surface area (Å²) in [6.07, 6.45) is 1.03. The quantitative estimate of drug-likeness (QED) is 0.173. The Morgan fingerprint density at radius 2 is 0.420 bits per heavy atom. The molecular formula is C50H88. The number of benzene rings is 5. The van der Waals surface area contributed by atoms with Crippen LogP contribution in [0.3, 0.4) is 0 Å². The van der Waals surface area contributed by atoms with E-state index in [1.54, 1.807) is 0 Å². The van der Waals surface area contributed by atoms with Crippen molar-refractivity contribution in [3.8, 4) is 0 Å². The van der Waals surface area contributed by atoms with Crippen LogP contribution < -0.4 is 0 Å². The van der Waals surface area contributed by atoms with Crippen molar-refractivity contribution in [3.63, 3.8) is 0 Å². The van der Waals surface area contributed by atoms with Crippen LogP contribution in [0, 0.1) is 6.92 Å². The molecule has 0 aliphatic rings. The SMILES string of the molecule is CC.CC.CC.CC.CC.CC.CC.CC.CC.CC.Cc1ccccc1.c1ccc(Cc2ccccc2)cc1.c1ccc2ccccc2c1. The van der Waals surface area contributed by atoms with Crippen LogP contribution in [0.25, 0.3) is 10.8 Å². The molecule has 0 bridgehead atoms. The zero-order valence-corrected chi connectivity index (χ0v) is 37.5. The normalized spacial score (nSPS) is 6.98.